The van der Waals surface area contributed by atoms with Crippen LogP contribution in [0.15, 0.2) is 36.9 Å². The molecule has 0 spiro atoms. The summed E-state index contributed by atoms with van der Waals surface area (Å²) in [6.07, 6.45) is 4.90. The molecule has 2 rings (SSSR count). The normalized spacial score (nSPS) is 10.3. The average molecular weight is 216 g/mol. The number of Topliss-reactive ketones (excluding diaryl/α,β-unsaturated/α-hetero) is 1. The van der Waals surface area contributed by atoms with Gasteiger partial charge in [0.05, 0.1) is 18.4 Å². The number of aromatic hydroxyl groups is 1. The Labute approximate surface area is 93.2 Å². The molecule has 0 fully saturated rings. The Bertz CT molecular complexity index is 504. The Morgan fingerprint density at radius 3 is 3.00 bits per heavy atom. The van der Waals surface area contributed by atoms with Crippen LogP contribution in [0.25, 0.3) is 0 Å². The maximum absolute atomic E-state index is 11.9. The van der Waals surface area contributed by atoms with Gasteiger partial charge in [-0.3, -0.25) is 4.79 Å². The third-order valence-electron chi connectivity index (χ3n) is 2.34. The van der Waals surface area contributed by atoms with E-state index in [1.54, 1.807) is 35.4 Å². The average Bonchev–Trinajstić information content (AvgIpc) is 2.74. The molecule has 0 aliphatic carbocycles. The monoisotopic (exact) mass is 216 g/mol. The fourth-order valence-corrected chi connectivity index (χ4v) is 1.50. The molecule has 0 aliphatic rings. The number of hydrogen-bond donors (Lipinski definition) is 1. The quantitative estimate of drug-likeness (QED) is 0.795. The summed E-state index contributed by atoms with van der Waals surface area (Å²) < 4.78 is 1.67. The van der Waals surface area contributed by atoms with Crippen molar-refractivity contribution in [2.24, 2.45) is 0 Å². The molecule has 1 N–H and O–H groups in total. The van der Waals surface area contributed by atoms with Gasteiger partial charge in [0.25, 0.3) is 0 Å². The molecule has 82 valence electrons. The van der Waals surface area contributed by atoms with Crippen LogP contribution in [0.3, 0.4) is 0 Å². The fraction of sp³-hybridized carbons (Fsp3) is 0.167. The first kappa shape index (κ1) is 10.4. The predicted octanol–water partition coefficient (Wildman–Crippen LogP) is 1.78. The van der Waals surface area contributed by atoms with Gasteiger partial charge in [-0.05, 0) is 19.1 Å². The van der Waals surface area contributed by atoms with E-state index in [-0.39, 0.29) is 18.1 Å². The third-order valence-corrected chi connectivity index (χ3v) is 2.34. The zero-order valence-corrected chi connectivity index (χ0v) is 8.92. The molecule has 0 aliphatic heterocycles. The van der Waals surface area contributed by atoms with E-state index in [2.05, 4.69) is 4.98 Å². The largest absolute Gasteiger partial charge is 0.507 e. The molecule has 1 aromatic heterocycles. The number of phenols is 1. The van der Waals surface area contributed by atoms with Gasteiger partial charge in [-0.2, -0.15) is 0 Å². The summed E-state index contributed by atoms with van der Waals surface area (Å²) in [7, 11) is 0. The molecular formula is C12H12N2O2. The van der Waals surface area contributed by atoms with Crippen molar-refractivity contribution in [1.29, 1.82) is 0 Å². The first-order valence-corrected chi connectivity index (χ1v) is 4.95. The topological polar surface area (TPSA) is 55.1 Å². The van der Waals surface area contributed by atoms with Crippen molar-refractivity contribution in [3.8, 4) is 5.75 Å². The van der Waals surface area contributed by atoms with Crippen molar-refractivity contribution in [1.82, 2.24) is 9.55 Å². The van der Waals surface area contributed by atoms with E-state index >= 15 is 0 Å². The van der Waals surface area contributed by atoms with Crippen LogP contribution in [-0.4, -0.2) is 20.4 Å². The number of nitrogens with zero attached hydrogens (tertiary/aromatic N) is 2. The van der Waals surface area contributed by atoms with Gasteiger partial charge in [0.2, 0.25) is 0 Å². The van der Waals surface area contributed by atoms with E-state index in [0.717, 1.165) is 5.56 Å². The number of aromatic nitrogens is 2. The van der Waals surface area contributed by atoms with Crippen LogP contribution < -0.4 is 0 Å². The summed E-state index contributed by atoms with van der Waals surface area (Å²) in [4.78, 5) is 15.7. The van der Waals surface area contributed by atoms with Crippen LogP contribution in [0, 0.1) is 6.92 Å². The first-order valence-electron chi connectivity index (χ1n) is 4.95. The zero-order chi connectivity index (χ0) is 11.5. The number of phenolic OH excluding ortho intramolecular Hbond substituents is 1. The highest BCUT2D eigenvalue weighted by atomic mass is 16.3. The number of rotatable bonds is 3. The highest BCUT2D eigenvalue weighted by Crippen LogP contribution is 2.19. The standard InChI is InChI=1S/C12H12N2O2/c1-9-2-3-11(15)10(6-9)12(16)7-14-5-4-13-8-14/h2-6,8,15H,7H2,1H3. The van der Waals surface area contributed by atoms with Crippen LogP contribution in [0.1, 0.15) is 15.9 Å². The van der Waals surface area contributed by atoms with E-state index in [1.807, 2.05) is 6.92 Å². The first-order chi connectivity index (χ1) is 7.66. The van der Waals surface area contributed by atoms with Gasteiger partial charge in [-0.25, -0.2) is 4.98 Å². The van der Waals surface area contributed by atoms with Crippen LogP contribution in [-0.2, 0) is 6.54 Å². The van der Waals surface area contributed by atoms with E-state index in [4.69, 9.17) is 0 Å². The number of carbonyl (C=O) groups excluding carboxylic acids is 1. The van der Waals surface area contributed by atoms with E-state index in [9.17, 15) is 9.90 Å². The Hall–Kier alpha value is -2.10. The van der Waals surface area contributed by atoms with Crippen LogP contribution in [0.5, 0.6) is 5.75 Å². The summed E-state index contributed by atoms with van der Waals surface area (Å²) in [5.41, 5.74) is 1.31. The second-order valence-electron chi connectivity index (χ2n) is 3.68. The molecule has 4 heteroatoms. The molecule has 0 atom stereocenters. The van der Waals surface area contributed by atoms with E-state index in [0.29, 0.717) is 5.56 Å². The zero-order valence-electron chi connectivity index (χ0n) is 8.92. The molecule has 0 bridgehead atoms. The summed E-state index contributed by atoms with van der Waals surface area (Å²) in [6.45, 7) is 2.07. The number of hydrogen-bond acceptors (Lipinski definition) is 3. The molecule has 0 saturated heterocycles. The highest BCUT2D eigenvalue weighted by molar-refractivity contribution is 5.98. The van der Waals surface area contributed by atoms with Crippen molar-refractivity contribution in [3.63, 3.8) is 0 Å². The van der Waals surface area contributed by atoms with E-state index < -0.39 is 0 Å². The number of benzene rings is 1. The van der Waals surface area contributed by atoms with Gasteiger partial charge in [0.15, 0.2) is 5.78 Å². The minimum absolute atomic E-state index is 0.0238. The van der Waals surface area contributed by atoms with Gasteiger partial charge >= 0.3 is 0 Å². The van der Waals surface area contributed by atoms with E-state index in [1.165, 1.54) is 6.07 Å². The minimum Gasteiger partial charge on any atom is -0.507 e. The van der Waals surface area contributed by atoms with Gasteiger partial charge in [0, 0.05) is 12.4 Å². The smallest absolute Gasteiger partial charge is 0.186 e. The molecule has 0 unspecified atom stereocenters. The molecule has 0 amide bonds. The Balaban J connectivity index is 2.24. The van der Waals surface area contributed by atoms with Crippen LogP contribution in [0.2, 0.25) is 0 Å². The van der Waals surface area contributed by atoms with Crippen LogP contribution >= 0.6 is 0 Å². The van der Waals surface area contributed by atoms with Crippen molar-refractivity contribution in [2.75, 3.05) is 0 Å². The summed E-state index contributed by atoms with van der Waals surface area (Å²) >= 11 is 0. The molecule has 0 saturated carbocycles. The van der Waals surface area contributed by atoms with Crippen molar-refractivity contribution in [3.05, 3.63) is 48.0 Å². The van der Waals surface area contributed by atoms with Crippen molar-refractivity contribution in [2.45, 2.75) is 13.5 Å². The number of ketones is 1. The lowest BCUT2D eigenvalue weighted by Gasteiger charge is -2.05. The van der Waals surface area contributed by atoms with Gasteiger partial charge in [-0.15, -0.1) is 0 Å². The summed E-state index contributed by atoms with van der Waals surface area (Å²) in [6, 6.07) is 4.99. The van der Waals surface area contributed by atoms with Crippen molar-refractivity contribution >= 4 is 5.78 Å². The molecule has 0 radical (unpaired) electrons. The minimum atomic E-state index is -0.126. The lowest BCUT2D eigenvalue weighted by Crippen LogP contribution is -2.09. The molecule has 1 aromatic carbocycles. The lowest BCUT2D eigenvalue weighted by molar-refractivity contribution is 0.0969. The van der Waals surface area contributed by atoms with Gasteiger partial charge in [0.1, 0.15) is 5.75 Å². The van der Waals surface area contributed by atoms with Gasteiger partial charge < -0.3 is 9.67 Å². The van der Waals surface area contributed by atoms with Crippen LogP contribution in [0.4, 0.5) is 0 Å². The summed E-state index contributed by atoms with van der Waals surface area (Å²) in [5, 5.41) is 9.59. The Morgan fingerprint density at radius 2 is 2.31 bits per heavy atom. The van der Waals surface area contributed by atoms with Gasteiger partial charge in [-0.1, -0.05) is 11.6 Å². The molecule has 16 heavy (non-hydrogen) atoms. The molecular weight excluding hydrogens is 204 g/mol. The lowest BCUT2D eigenvalue weighted by atomic mass is 10.1. The summed E-state index contributed by atoms with van der Waals surface area (Å²) in [5.74, 6) is -0.102. The highest BCUT2D eigenvalue weighted by Gasteiger charge is 2.11. The molecule has 1 heterocycles. The molecule has 4 nitrogen and oxygen atoms in total. The van der Waals surface area contributed by atoms with Crippen molar-refractivity contribution < 1.29 is 9.90 Å². The SMILES string of the molecule is Cc1ccc(O)c(C(=O)Cn2ccnc2)c1. The Morgan fingerprint density at radius 1 is 1.50 bits per heavy atom. The molecule has 2 aromatic rings. The number of imidazole rings is 1. The fourth-order valence-electron chi connectivity index (χ4n) is 1.50. The third kappa shape index (κ3) is 2.11. The number of aryl methyl sites for hydroxylation is 1. The Kier molecular flexibility index (Phi) is 2.72. The second kappa shape index (κ2) is 4.18. The maximum atomic E-state index is 11.9. The maximum Gasteiger partial charge on any atom is 0.186 e. The predicted molar refractivity (Wildman–Crippen MR) is 59.4 cm³/mol. The second-order valence-corrected chi connectivity index (χ2v) is 3.68. The number of carbonyl (C=O) groups is 1.